The molecule has 0 atom stereocenters. The molecule has 4 rings (SSSR count). The molecule has 1 saturated heterocycles. The first-order valence-corrected chi connectivity index (χ1v) is 16.4. The van der Waals surface area contributed by atoms with Gasteiger partial charge in [0.25, 0.3) is 0 Å². The van der Waals surface area contributed by atoms with E-state index in [1.54, 1.807) is 5.57 Å². The first-order chi connectivity index (χ1) is 17.6. The van der Waals surface area contributed by atoms with Gasteiger partial charge in [-0.3, -0.25) is 0 Å². The molecule has 1 N–H and O–H groups in total. The van der Waals surface area contributed by atoms with Gasteiger partial charge in [-0.15, -0.1) is 11.8 Å². The summed E-state index contributed by atoms with van der Waals surface area (Å²) in [7, 11) is 0. The van der Waals surface area contributed by atoms with Gasteiger partial charge >= 0.3 is 0 Å². The van der Waals surface area contributed by atoms with Crippen LogP contribution >= 0.6 is 23.1 Å². The Labute approximate surface area is 228 Å². The summed E-state index contributed by atoms with van der Waals surface area (Å²) in [5.41, 5.74) is 3.09. The van der Waals surface area contributed by atoms with E-state index in [1.807, 2.05) is 23.1 Å². The fraction of sp³-hybridized carbons (Fsp3) is 0.759. The van der Waals surface area contributed by atoms with Gasteiger partial charge in [0.15, 0.2) is 5.13 Å². The molecule has 0 spiro atoms. The van der Waals surface area contributed by atoms with E-state index in [2.05, 4.69) is 60.0 Å². The second-order valence-electron chi connectivity index (χ2n) is 10.6. The van der Waals surface area contributed by atoms with Crippen LogP contribution in [0.15, 0.2) is 33.6 Å². The van der Waals surface area contributed by atoms with E-state index in [0.717, 1.165) is 36.9 Å². The number of piperidine rings is 1. The third kappa shape index (κ3) is 7.67. The average molecular weight is 532 g/mol. The zero-order chi connectivity index (χ0) is 25.3. The van der Waals surface area contributed by atoms with Gasteiger partial charge in [-0.25, -0.2) is 4.98 Å². The van der Waals surface area contributed by atoms with Crippen LogP contribution in [0.1, 0.15) is 91.9 Å². The van der Waals surface area contributed by atoms with Crippen molar-refractivity contribution in [3.63, 3.8) is 0 Å². The minimum Gasteiger partial charge on any atom is -0.375 e. The third-order valence-electron chi connectivity index (χ3n) is 8.17. The van der Waals surface area contributed by atoms with Crippen molar-refractivity contribution in [2.45, 2.75) is 108 Å². The highest BCUT2D eigenvalue weighted by Gasteiger charge is 2.35. The number of likely N-dealkylation sites (tertiary alicyclic amines) is 1. The van der Waals surface area contributed by atoms with Crippen LogP contribution in [0, 0.1) is 0 Å². The first-order valence-electron chi connectivity index (χ1n) is 14.6. The maximum atomic E-state index is 4.83. The molecule has 36 heavy (non-hydrogen) atoms. The number of hydrogen-bond acceptors (Lipinski definition) is 7. The number of anilines is 1. The van der Waals surface area contributed by atoms with Gasteiger partial charge in [-0.2, -0.15) is 0 Å². The molecular weight excluding hydrogens is 482 g/mol. The van der Waals surface area contributed by atoms with E-state index in [0.29, 0.717) is 12.1 Å². The smallest absolute Gasteiger partial charge is 0.189 e. The molecule has 0 radical (unpaired) electrons. The number of allylic oxidation sites excluding steroid dienone is 3. The highest BCUT2D eigenvalue weighted by Crippen LogP contribution is 2.40. The normalized spacial score (nSPS) is 19.8. The summed E-state index contributed by atoms with van der Waals surface area (Å²) in [4.78, 5) is 12.8. The lowest BCUT2D eigenvalue weighted by Gasteiger charge is -2.46. The van der Waals surface area contributed by atoms with E-state index in [1.165, 1.54) is 86.6 Å². The Morgan fingerprint density at radius 1 is 1.08 bits per heavy atom. The molecule has 1 aromatic rings. The summed E-state index contributed by atoms with van der Waals surface area (Å²) < 4.78 is 1.33. The predicted molar refractivity (Wildman–Crippen MR) is 158 cm³/mol. The second kappa shape index (κ2) is 14.1. The molecule has 2 heterocycles. The van der Waals surface area contributed by atoms with E-state index >= 15 is 0 Å². The standard InChI is InChI=1S/C29H49N5S2/c1-5-11-23(4)33-18-16-26(17-19-33)34(25-12-9-8-10-13-25)28(24-14-15-24)31-29-30-22-27(36-29)35-21-20-32(6-2)7-3/h11,22,25-26H,5-10,12-21H2,1-4H3,(H,30,31)/b23-11+. The fourth-order valence-corrected chi connectivity index (χ4v) is 7.83. The van der Waals surface area contributed by atoms with Crippen molar-refractivity contribution in [2.75, 3.05) is 43.8 Å². The molecule has 0 aromatic carbocycles. The number of aromatic nitrogens is 1. The summed E-state index contributed by atoms with van der Waals surface area (Å²) in [5.74, 6) is 2.56. The van der Waals surface area contributed by atoms with Crippen LogP contribution in [0.2, 0.25) is 0 Å². The van der Waals surface area contributed by atoms with Gasteiger partial charge in [0, 0.05) is 43.2 Å². The van der Waals surface area contributed by atoms with Crippen LogP contribution in [-0.4, -0.2) is 70.2 Å². The van der Waals surface area contributed by atoms with Crippen molar-refractivity contribution in [3.05, 3.63) is 29.4 Å². The Morgan fingerprint density at radius 2 is 1.78 bits per heavy atom. The van der Waals surface area contributed by atoms with Crippen LogP contribution in [0.3, 0.4) is 0 Å². The number of thioether (sulfide) groups is 1. The lowest BCUT2D eigenvalue weighted by Crippen LogP contribution is -2.50. The van der Waals surface area contributed by atoms with Crippen molar-refractivity contribution >= 4 is 28.2 Å². The van der Waals surface area contributed by atoms with Gasteiger partial charge in [-0.1, -0.05) is 57.4 Å². The SMILES string of the molecule is CC/C=C(\C)N1CCC(N(C(Nc2ncc(SCCN(CC)CC)s2)=C2CC2)C2CCCCC2)CC1. The predicted octanol–water partition coefficient (Wildman–Crippen LogP) is 7.41. The quantitative estimate of drug-likeness (QED) is 0.267. The summed E-state index contributed by atoms with van der Waals surface area (Å²) in [6.45, 7) is 14.8. The van der Waals surface area contributed by atoms with Gasteiger partial charge in [0.2, 0.25) is 0 Å². The summed E-state index contributed by atoms with van der Waals surface area (Å²) >= 11 is 3.80. The molecule has 2 aliphatic carbocycles. The minimum atomic E-state index is 0.636. The largest absolute Gasteiger partial charge is 0.375 e. The monoisotopic (exact) mass is 531 g/mol. The lowest BCUT2D eigenvalue weighted by molar-refractivity contribution is 0.0978. The van der Waals surface area contributed by atoms with Crippen LogP contribution in [0.5, 0.6) is 0 Å². The van der Waals surface area contributed by atoms with Gasteiger partial charge in [-0.05, 0) is 70.5 Å². The van der Waals surface area contributed by atoms with E-state index < -0.39 is 0 Å². The van der Waals surface area contributed by atoms with Crippen molar-refractivity contribution in [3.8, 4) is 0 Å². The molecule has 7 heteroatoms. The van der Waals surface area contributed by atoms with Gasteiger partial charge in [0.05, 0.1) is 10.4 Å². The molecule has 3 fully saturated rings. The van der Waals surface area contributed by atoms with Crippen LogP contribution < -0.4 is 5.32 Å². The topological polar surface area (TPSA) is 34.6 Å². The second-order valence-corrected chi connectivity index (χ2v) is 13.0. The fourth-order valence-electron chi connectivity index (χ4n) is 5.88. The Hall–Kier alpha value is -1.18. The van der Waals surface area contributed by atoms with Gasteiger partial charge in [0.1, 0.15) is 5.82 Å². The third-order valence-corrected chi connectivity index (χ3v) is 10.3. The maximum absolute atomic E-state index is 4.83. The molecule has 1 aliphatic heterocycles. The first kappa shape index (κ1) is 27.8. The molecule has 3 aliphatic rings. The Kier molecular flexibility index (Phi) is 10.9. The molecule has 1 aromatic heterocycles. The van der Waals surface area contributed by atoms with Crippen LogP contribution in [-0.2, 0) is 0 Å². The number of thiazole rings is 1. The molecule has 2 saturated carbocycles. The van der Waals surface area contributed by atoms with Crippen molar-refractivity contribution in [2.24, 2.45) is 0 Å². The number of hydrogen-bond donors (Lipinski definition) is 1. The molecule has 0 bridgehead atoms. The average Bonchev–Trinajstić information content (AvgIpc) is 3.66. The number of rotatable bonds is 13. The minimum absolute atomic E-state index is 0.636. The maximum Gasteiger partial charge on any atom is 0.189 e. The number of nitrogens with one attached hydrogen (secondary N) is 1. The zero-order valence-corrected chi connectivity index (χ0v) is 24.9. The molecule has 5 nitrogen and oxygen atoms in total. The lowest BCUT2D eigenvalue weighted by atomic mass is 9.91. The molecule has 202 valence electrons. The Balaban J connectivity index is 1.44. The zero-order valence-electron chi connectivity index (χ0n) is 23.2. The Bertz CT molecular complexity index is 855. The highest BCUT2D eigenvalue weighted by molar-refractivity contribution is 8.01. The summed E-state index contributed by atoms with van der Waals surface area (Å²) in [6, 6.07) is 1.32. The van der Waals surface area contributed by atoms with Gasteiger partial charge < -0.3 is 20.0 Å². The van der Waals surface area contributed by atoms with Crippen LogP contribution in [0.4, 0.5) is 5.13 Å². The van der Waals surface area contributed by atoms with Crippen molar-refractivity contribution in [1.82, 2.24) is 19.7 Å². The van der Waals surface area contributed by atoms with E-state index in [9.17, 15) is 0 Å². The molecule has 0 unspecified atom stereocenters. The highest BCUT2D eigenvalue weighted by atomic mass is 32.2. The molecule has 0 amide bonds. The van der Waals surface area contributed by atoms with Crippen molar-refractivity contribution < 1.29 is 0 Å². The Morgan fingerprint density at radius 3 is 2.42 bits per heavy atom. The van der Waals surface area contributed by atoms with Crippen molar-refractivity contribution in [1.29, 1.82) is 0 Å². The van der Waals surface area contributed by atoms with Crippen LogP contribution in [0.25, 0.3) is 0 Å². The number of nitrogens with zero attached hydrogens (tertiary/aromatic N) is 4. The summed E-state index contributed by atoms with van der Waals surface area (Å²) in [6.07, 6.45) is 17.5. The molecular formula is C29H49N5S2. The summed E-state index contributed by atoms with van der Waals surface area (Å²) in [5, 5.41) is 4.97. The van der Waals surface area contributed by atoms with E-state index in [-0.39, 0.29) is 0 Å². The van der Waals surface area contributed by atoms with E-state index in [4.69, 9.17) is 4.98 Å².